The first-order valence-electron chi connectivity index (χ1n) is 8.14. The van der Waals surface area contributed by atoms with E-state index in [1.54, 1.807) is 6.92 Å². The van der Waals surface area contributed by atoms with Gasteiger partial charge in [-0.3, -0.25) is 19.6 Å². The van der Waals surface area contributed by atoms with Crippen molar-refractivity contribution in [3.63, 3.8) is 0 Å². The van der Waals surface area contributed by atoms with Crippen molar-refractivity contribution in [2.45, 2.75) is 24.8 Å². The molecule has 2 aromatic carbocycles. The number of sulfonamides is 1. The maximum absolute atomic E-state index is 12.7. The average molecular weight is 426 g/mol. The Balaban J connectivity index is 1.97. The molecule has 1 aliphatic heterocycles. The van der Waals surface area contributed by atoms with Gasteiger partial charge in [-0.05, 0) is 37.3 Å². The summed E-state index contributed by atoms with van der Waals surface area (Å²) in [5.41, 5.74) is -0.0878. The Hall–Kier alpha value is -2.85. The van der Waals surface area contributed by atoms with Crippen molar-refractivity contribution in [2.24, 2.45) is 0 Å². The van der Waals surface area contributed by atoms with Crippen molar-refractivity contribution in [3.05, 3.63) is 51.5 Å². The number of nitro benzene ring substituents is 1. The minimum atomic E-state index is -4.07. The zero-order valence-electron chi connectivity index (χ0n) is 14.9. The molecule has 0 fully saturated rings. The molecule has 1 N–H and O–H groups in total. The van der Waals surface area contributed by atoms with E-state index in [1.807, 2.05) is 0 Å². The van der Waals surface area contributed by atoms with Gasteiger partial charge in [-0.1, -0.05) is 11.6 Å². The van der Waals surface area contributed by atoms with Gasteiger partial charge in [0.05, 0.1) is 27.7 Å². The van der Waals surface area contributed by atoms with E-state index in [9.17, 15) is 23.3 Å². The number of amides is 1. The van der Waals surface area contributed by atoms with Gasteiger partial charge in [-0.25, -0.2) is 8.42 Å². The molecule has 3 rings (SSSR count). The molecule has 1 unspecified atom stereocenters. The van der Waals surface area contributed by atoms with E-state index in [4.69, 9.17) is 16.3 Å². The Bertz CT molecular complexity index is 1070. The van der Waals surface area contributed by atoms with Crippen LogP contribution in [0.4, 0.5) is 17.1 Å². The van der Waals surface area contributed by atoms with Gasteiger partial charge in [0, 0.05) is 13.0 Å². The molecular weight excluding hydrogens is 410 g/mol. The Labute approximate surface area is 166 Å². The Kier molecular flexibility index (Phi) is 5.18. The number of anilines is 2. The van der Waals surface area contributed by atoms with E-state index >= 15 is 0 Å². The van der Waals surface area contributed by atoms with Crippen LogP contribution < -0.4 is 14.4 Å². The second-order valence-corrected chi connectivity index (χ2v) is 8.31. The topological polar surface area (TPSA) is 119 Å². The van der Waals surface area contributed by atoms with Crippen molar-refractivity contribution >= 4 is 44.6 Å². The van der Waals surface area contributed by atoms with Crippen molar-refractivity contribution in [1.29, 1.82) is 0 Å². The van der Waals surface area contributed by atoms with Crippen molar-refractivity contribution < 1.29 is 22.9 Å². The van der Waals surface area contributed by atoms with E-state index in [-0.39, 0.29) is 27.6 Å². The van der Waals surface area contributed by atoms with Gasteiger partial charge in [0.2, 0.25) is 5.91 Å². The Morgan fingerprint density at radius 1 is 1.32 bits per heavy atom. The standard InChI is InChI=1S/C17H16ClN3O6S/c1-10-9-20(11(2)22)16-8-13(4-6-17(16)27-10)28(25,26)19-12-3-5-14(18)15(7-12)21(23)24/h3-8,10,19H,9H2,1-2H3. The SMILES string of the molecule is CC(=O)N1CC(C)Oc2ccc(S(=O)(=O)Nc3ccc(Cl)c([N+](=O)[O-])c3)cc21. The molecule has 1 atom stereocenters. The molecule has 0 spiro atoms. The van der Waals surface area contributed by atoms with Crippen molar-refractivity contribution in [3.8, 4) is 5.75 Å². The first-order chi connectivity index (χ1) is 13.1. The van der Waals surface area contributed by atoms with Crippen LogP contribution in [0.15, 0.2) is 41.3 Å². The molecule has 11 heteroatoms. The molecule has 28 heavy (non-hydrogen) atoms. The van der Waals surface area contributed by atoms with Crippen LogP contribution in [0.1, 0.15) is 13.8 Å². The van der Waals surface area contributed by atoms with Crippen LogP contribution in [-0.4, -0.2) is 31.9 Å². The Morgan fingerprint density at radius 3 is 2.68 bits per heavy atom. The van der Waals surface area contributed by atoms with Crippen LogP contribution in [0, 0.1) is 10.1 Å². The molecule has 148 valence electrons. The lowest BCUT2D eigenvalue weighted by Gasteiger charge is -2.33. The third-order valence-corrected chi connectivity index (χ3v) is 5.77. The number of fused-ring (bicyclic) bond motifs is 1. The van der Waals surface area contributed by atoms with E-state index in [1.165, 1.54) is 42.2 Å². The number of nitrogens with one attached hydrogen (secondary N) is 1. The fraction of sp³-hybridized carbons (Fsp3) is 0.235. The number of halogens is 1. The van der Waals surface area contributed by atoms with Crippen molar-refractivity contribution in [1.82, 2.24) is 0 Å². The molecule has 0 radical (unpaired) electrons. The van der Waals surface area contributed by atoms with E-state index in [2.05, 4.69) is 4.72 Å². The van der Waals surface area contributed by atoms with Gasteiger partial charge in [-0.15, -0.1) is 0 Å². The maximum Gasteiger partial charge on any atom is 0.289 e. The predicted octanol–water partition coefficient (Wildman–Crippen LogP) is 3.18. The highest BCUT2D eigenvalue weighted by molar-refractivity contribution is 7.92. The minimum Gasteiger partial charge on any atom is -0.487 e. The van der Waals surface area contributed by atoms with Crippen LogP contribution >= 0.6 is 11.6 Å². The molecule has 0 saturated carbocycles. The van der Waals surface area contributed by atoms with Crippen LogP contribution in [0.3, 0.4) is 0 Å². The lowest BCUT2D eigenvalue weighted by molar-refractivity contribution is -0.384. The van der Waals surface area contributed by atoms with Gasteiger partial charge in [0.1, 0.15) is 16.9 Å². The summed E-state index contributed by atoms with van der Waals surface area (Å²) >= 11 is 5.75. The first-order valence-corrected chi connectivity index (χ1v) is 10.00. The lowest BCUT2D eigenvalue weighted by atomic mass is 10.2. The quantitative estimate of drug-likeness (QED) is 0.593. The summed E-state index contributed by atoms with van der Waals surface area (Å²) in [5, 5.41) is 10.9. The number of hydrogen-bond donors (Lipinski definition) is 1. The number of carbonyl (C=O) groups is 1. The van der Waals surface area contributed by atoms with Gasteiger partial charge in [0.15, 0.2) is 0 Å². The smallest absolute Gasteiger partial charge is 0.289 e. The molecule has 9 nitrogen and oxygen atoms in total. The highest BCUT2D eigenvalue weighted by atomic mass is 35.5. The maximum atomic E-state index is 12.7. The minimum absolute atomic E-state index is 0.0119. The average Bonchev–Trinajstić information content (AvgIpc) is 2.61. The van der Waals surface area contributed by atoms with Gasteiger partial charge < -0.3 is 9.64 Å². The molecule has 2 aromatic rings. The predicted molar refractivity (Wildman–Crippen MR) is 103 cm³/mol. The molecule has 1 amide bonds. The van der Waals surface area contributed by atoms with Gasteiger partial charge in [0.25, 0.3) is 15.7 Å². The second kappa shape index (κ2) is 7.28. The molecule has 0 bridgehead atoms. The summed E-state index contributed by atoms with van der Waals surface area (Å²) < 4.78 is 33.4. The largest absolute Gasteiger partial charge is 0.487 e. The number of benzene rings is 2. The summed E-state index contributed by atoms with van der Waals surface area (Å²) in [4.78, 5) is 23.5. The number of carbonyl (C=O) groups excluding carboxylic acids is 1. The molecule has 0 aromatic heterocycles. The number of nitro groups is 1. The molecule has 1 heterocycles. The summed E-state index contributed by atoms with van der Waals surface area (Å²) in [7, 11) is -4.07. The number of nitrogens with zero attached hydrogens (tertiary/aromatic N) is 2. The summed E-state index contributed by atoms with van der Waals surface area (Å²) in [6.07, 6.45) is -0.230. The van der Waals surface area contributed by atoms with Crippen LogP contribution in [0.5, 0.6) is 5.75 Å². The fourth-order valence-electron chi connectivity index (χ4n) is 2.81. The third-order valence-electron chi connectivity index (χ3n) is 4.07. The zero-order chi connectivity index (χ0) is 20.6. The highest BCUT2D eigenvalue weighted by Crippen LogP contribution is 2.36. The lowest BCUT2D eigenvalue weighted by Crippen LogP contribution is -2.41. The van der Waals surface area contributed by atoms with Crippen LogP contribution in [0.25, 0.3) is 0 Å². The molecule has 1 aliphatic rings. The van der Waals surface area contributed by atoms with E-state index in [0.717, 1.165) is 6.07 Å². The second-order valence-electron chi connectivity index (χ2n) is 6.22. The van der Waals surface area contributed by atoms with E-state index < -0.39 is 20.6 Å². The number of rotatable bonds is 4. The number of hydrogen-bond acceptors (Lipinski definition) is 6. The summed E-state index contributed by atoms with van der Waals surface area (Å²) in [6, 6.07) is 7.72. The zero-order valence-corrected chi connectivity index (χ0v) is 16.5. The summed E-state index contributed by atoms with van der Waals surface area (Å²) in [6.45, 7) is 3.48. The Morgan fingerprint density at radius 2 is 2.04 bits per heavy atom. The first kappa shape index (κ1) is 19.9. The normalized spacial score (nSPS) is 16.1. The van der Waals surface area contributed by atoms with Crippen molar-refractivity contribution in [2.75, 3.05) is 16.2 Å². The molecular formula is C17H16ClN3O6S. The monoisotopic (exact) mass is 425 g/mol. The molecule has 0 saturated heterocycles. The highest BCUT2D eigenvalue weighted by Gasteiger charge is 2.28. The van der Waals surface area contributed by atoms with Crippen LogP contribution in [-0.2, 0) is 14.8 Å². The van der Waals surface area contributed by atoms with Crippen LogP contribution in [0.2, 0.25) is 5.02 Å². The van der Waals surface area contributed by atoms with E-state index in [0.29, 0.717) is 18.0 Å². The molecule has 0 aliphatic carbocycles. The summed E-state index contributed by atoms with van der Waals surface area (Å²) in [5.74, 6) is 0.155. The van der Waals surface area contributed by atoms with Gasteiger partial charge in [-0.2, -0.15) is 0 Å². The fourth-order valence-corrected chi connectivity index (χ4v) is 4.07. The number of ether oxygens (including phenoxy) is 1. The van der Waals surface area contributed by atoms with Gasteiger partial charge >= 0.3 is 0 Å². The third kappa shape index (κ3) is 3.87.